The number of carbonyl (C=O) groups excluding carboxylic acids is 2. The molecule has 0 saturated carbocycles. The summed E-state index contributed by atoms with van der Waals surface area (Å²) in [6.07, 6.45) is 2.22. The molecule has 1 saturated heterocycles. The zero-order chi connectivity index (χ0) is 16.5. The Balaban J connectivity index is 2.24. The highest BCUT2D eigenvalue weighted by molar-refractivity contribution is 7.89. The molecule has 0 amide bonds. The van der Waals surface area contributed by atoms with E-state index in [1.54, 1.807) is 7.05 Å². The van der Waals surface area contributed by atoms with E-state index in [0.29, 0.717) is 13.1 Å². The highest BCUT2D eigenvalue weighted by Gasteiger charge is 2.30. The first-order valence-electron chi connectivity index (χ1n) is 7.11. The Hall–Kier alpha value is -1.67. The number of nitrogens with zero attached hydrogens (tertiary/aromatic N) is 2. The molecule has 1 unspecified atom stereocenters. The van der Waals surface area contributed by atoms with E-state index in [-0.39, 0.29) is 16.4 Å². The van der Waals surface area contributed by atoms with Crippen molar-refractivity contribution < 1.29 is 22.7 Å². The number of aryl methyl sites for hydroxylation is 1. The molecule has 0 spiro atoms. The fourth-order valence-corrected chi connectivity index (χ4v) is 3.85. The maximum atomic E-state index is 12.5. The molecule has 0 radical (unpaired) electrons. The van der Waals surface area contributed by atoms with Crippen LogP contribution in [0.3, 0.4) is 0 Å². The van der Waals surface area contributed by atoms with Gasteiger partial charge >= 0.3 is 5.97 Å². The maximum absolute atomic E-state index is 12.5. The second kappa shape index (κ2) is 6.21. The molecule has 22 heavy (non-hydrogen) atoms. The summed E-state index contributed by atoms with van der Waals surface area (Å²) in [4.78, 5) is 23.3. The fourth-order valence-electron chi connectivity index (χ4n) is 2.26. The molecule has 1 atom stereocenters. The molecular formula is C14H20N2O5S. The molecule has 0 N–H and O–H groups in total. The van der Waals surface area contributed by atoms with Crippen LogP contribution in [-0.4, -0.2) is 48.2 Å². The molecule has 0 aliphatic carbocycles. The van der Waals surface area contributed by atoms with Crippen molar-refractivity contribution in [3.05, 3.63) is 18.0 Å². The molecule has 122 valence electrons. The van der Waals surface area contributed by atoms with Gasteiger partial charge in [-0.3, -0.25) is 4.79 Å². The molecule has 7 nitrogen and oxygen atoms in total. The molecule has 8 heteroatoms. The van der Waals surface area contributed by atoms with Gasteiger partial charge < -0.3 is 9.30 Å². The van der Waals surface area contributed by atoms with Crippen LogP contribution in [0.25, 0.3) is 0 Å². The van der Waals surface area contributed by atoms with Gasteiger partial charge in [-0.25, -0.2) is 13.2 Å². The second-order valence-electron chi connectivity index (χ2n) is 5.44. The number of ether oxygens (including phenoxy) is 1. The van der Waals surface area contributed by atoms with Gasteiger partial charge in [0.05, 0.1) is 0 Å². The highest BCUT2D eigenvalue weighted by Crippen LogP contribution is 2.23. The van der Waals surface area contributed by atoms with Crippen LogP contribution in [0.15, 0.2) is 17.2 Å². The number of rotatable bonds is 5. The molecule has 2 heterocycles. The van der Waals surface area contributed by atoms with E-state index in [0.717, 1.165) is 12.8 Å². The molecule has 1 aromatic heterocycles. The van der Waals surface area contributed by atoms with Crippen LogP contribution in [0, 0.1) is 0 Å². The monoisotopic (exact) mass is 328 g/mol. The number of hydrogen-bond acceptors (Lipinski definition) is 5. The highest BCUT2D eigenvalue weighted by atomic mass is 32.2. The van der Waals surface area contributed by atoms with Crippen LogP contribution < -0.4 is 0 Å². The van der Waals surface area contributed by atoms with E-state index < -0.39 is 22.1 Å². The third-order valence-electron chi connectivity index (χ3n) is 3.75. The molecule has 0 aromatic carbocycles. The molecule has 1 fully saturated rings. The van der Waals surface area contributed by atoms with E-state index in [1.807, 2.05) is 0 Å². The molecule has 1 aromatic rings. The summed E-state index contributed by atoms with van der Waals surface area (Å²) in [5.74, 6) is -0.986. The maximum Gasteiger partial charge on any atom is 0.355 e. The summed E-state index contributed by atoms with van der Waals surface area (Å²) in [5.41, 5.74) is 0.103. The van der Waals surface area contributed by atoms with E-state index >= 15 is 0 Å². The summed E-state index contributed by atoms with van der Waals surface area (Å²) in [5, 5.41) is 0. The van der Waals surface area contributed by atoms with Crippen molar-refractivity contribution in [1.29, 1.82) is 0 Å². The zero-order valence-electron chi connectivity index (χ0n) is 12.9. The minimum absolute atomic E-state index is 0.0688. The van der Waals surface area contributed by atoms with Crippen molar-refractivity contribution in [3.63, 3.8) is 0 Å². The van der Waals surface area contributed by atoms with Gasteiger partial charge in [-0.2, -0.15) is 4.31 Å². The van der Waals surface area contributed by atoms with Crippen molar-refractivity contribution in [3.8, 4) is 0 Å². The Morgan fingerprint density at radius 2 is 1.86 bits per heavy atom. The largest absolute Gasteiger partial charge is 0.450 e. The number of sulfonamides is 1. The lowest BCUT2D eigenvalue weighted by atomic mass is 10.3. The van der Waals surface area contributed by atoms with Crippen LogP contribution in [0.4, 0.5) is 0 Å². The van der Waals surface area contributed by atoms with Gasteiger partial charge in [-0.1, -0.05) is 0 Å². The van der Waals surface area contributed by atoms with Gasteiger partial charge in [0.15, 0.2) is 11.9 Å². The summed E-state index contributed by atoms with van der Waals surface area (Å²) in [6, 6.07) is 1.29. The first-order chi connectivity index (χ1) is 10.2. The average Bonchev–Trinajstić information content (AvgIpc) is 3.07. The third-order valence-corrected chi connectivity index (χ3v) is 5.61. The van der Waals surface area contributed by atoms with Gasteiger partial charge in [0.2, 0.25) is 10.0 Å². The lowest BCUT2D eigenvalue weighted by molar-refractivity contribution is -0.124. The van der Waals surface area contributed by atoms with Gasteiger partial charge in [-0.15, -0.1) is 0 Å². The quantitative estimate of drug-likeness (QED) is 0.751. The number of esters is 1. The zero-order valence-corrected chi connectivity index (χ0v) is 13.7. The topological polar surface area (TPSA) is 85.7 Å². The number of aromatic nitrogens is 1. The Labute approximate surface area is 129 Å². The summed E-state index contributed by atoms with van der Waals surface area (Å²) >= 11 is 0. The van der Waals surface area contributed by atoms with Crippen molar-refractivity contribution in [1.82, 2.24) is 8.87 Å². The third kappa shape index (κ3) is 3.22. The Bertz CT molecular complexity index is 686. The van der Waals surface area contributed by atoms with E-state index in [2.05, 4.69) is 0 Å². The van der Waals surface area contributed by atoms with Crippen LogP contribution >= 0.6 is 0 Å². The normalized spacial score (nSPS) is 17.4. The van der Waals surface area contributed by atoms with E-state index in [4.69, 9.17) is 4.74 Å². The number of carbonyl (C=O) groups is 2. The van der Waals surface area contributed by atoms with Gasteiger partial charge in [0.1, 0.15) is 10.6 Å². The average molecular weight is 328 g/mol. The Morgan fingerprint density at radius 3 is 2.41 bits per heavy atom. The second-order valence-corrected chi connectivity index (χ2v) is 7.38. The van der Waals surface area contributed by atoms with Crippen LogP contribution in [0.5, 0.6) is 0 Å². The van der Waals surface area contributed by atoms with Crippen molar-refractivity contribution in [2.75, 3.05) is 13.1 Å². The summed E-state index contributed by atoms with van der Waals surface area (Å²) in [6.45, 7) is 3.80. The minimum atomic E-state index is -3.58. The van der Waals surface area contributed by atoms with Crippen LogP contribution in [0.1, 0.15) is 37.2 Å². The first-order valence-corrected chi connectivity index (χ1v) is 8.55. The molecule has 1 aliphatic rings. The predicted molar refractivity (Wildman–Crippen MR) is 79.0 cm³/mol. The number of ketones is 1. The van der Waals surface area contributed by atoms with Crippen molar-refractivity contribution in [2.24, 2.45) is 7.05 Å². The number of hydrogen-bond donors (Lipinski definition) is 0. The predicted octanol–water partition coefficient (Wildman–Crippen LogP) is 0.944. The number of Topliss-reactive ketones (excluding diaryl/α,β-unsaturated/α-hetero) is 1. The van der Waals surface area contributed by atoms with E-state index in [1.165, 1.54) is 35.0 Å². The lowest BCUT2D eigenvalue weighted by Gasteiger charge is -2.13. The molecular weight excluding hydrogens is 308 g/mol. The SMILES string of the molecule is CC(=O)C(C)OC(=O)c1cc(S(=O)(=O)N2CCCC2)cn1C. The van der Waals surface area contributed by atoms with Gasteiger partial charge in [0, 0.05) is 26.3 Å². The standard InChI is InChI=1S/C14H20N2O5S/c1-10(17)11(2)21-14(18)13-8-12(9-15(13)3)22(19,20)16-6-4-5-7-16/h8-9,11H,4-7H2,1-3H3. The first kappa shape index (κ1) is 16.7. The minimum Gasteiger partial charge on any atom is -0.450 e. The van der Waals surface area contributed by atoms with E-state index in [9.17, 15) is 18.0 Å². The smallest absolute Gasteiger partial charge is 0.355 e. The van der Waals surface area contributed by atoms with Gasteiger partial charge in [0.25, 0.3) is 0 Å². The van der Waals surface area contributed by atoms with Crippen LogP contribution in [-0.2, 0) is 26.6 Å². The van der Waals surface area contributed by atoms with Crippen LogP contribution in [0.2, 0.25) is 0 Å². The van der Waals surface area contributed by atoms with Crippen molar-refractivity contribution >= 4 is 21.8 Å². The molecule has 2 rings (SSSR count). The Morgan fingerprint density at radius 1 is 1.27 bits per heavy atom. The fraction of sp³-hybridized carbons (Fsp3) is 0.571. The Kier molecular flexibility index (Phi) is 4.72. The molecule has 0 bridgehead atoms. The van der Waals surface area contributed by atoms with Crippen molar-refractivity contribution in [2.45, 2.75) is 37.7 Å². The summed E-state index contributed by atoms with van der Waals surface area (Å²) < 4.78 is 32.7. The summed E-state index contributed by atoms with van der Waals surface area (Å²) in [7, 11) is -2.01. The molecule has 1 aliphatic heterocycles. The van der Waals surface area contributed by atoms with Gasteiger partial charge in [-0.05, 0) is 32.8 Å². The lowest BCUT2D eigenvalue weighted by Crippen LogP contribution is -2.27.